The summed E-state index contributed by atoms with van der Waals surface area (Å²) in [4.78, 5) is 30.8. The molecule has 4 aromatic rings. The number of ether oxygens (including phenoxy) is 2. The van der Waals surface area contributed by atoms with Crippen LogP contribution in [0.5, 0.6) is 5.75 Å². The summed E-state index contributed by atoms with van der Waals surface area (Å²) in [5.74, 6) is 1.49. The summed E-state index contributed by atoms with van der Waals surface area (Å²) in [6, 6.07) is 34.0. The first-order chi connectivity index (χ1) is 40.4. The molecule has 4 aromatic carbocycles. The zero-order valence-electron chi connectivity index (χ0n) is 49.2. The molecular weight excluding hydrogens is 1030 g/mol. The van der Waals surface area contributed by atoms with Crippen LogP contribution < -0.4 is 21.3 Å². The van der Waals surface area contributed by atoms with Crippen LogP contribution in [0.15, 0.2) is 137 Å². The summed E-state index contributed by atoms with van der Waals surface area (Å²) in [6.45, 7) is 6.90. The second-order valence-corrected chi connectivity index (χ2v) is 26.9. The van der Waals surface area contributed by atoms with Gasteiger partial charge in [-0.05, 0) is 246 Å². The number of hydrogen-bond donors (Lipinski definition) is 7. The highest BCUT2D eigenvalue weighted by molar-refractivity contribution is 6.07. The first kappa shape index (κ1) is 56.5. The van der Waals surface area contributed by atoms with Gasteiger partial charge < -0.3 is 46.1 Å². The smallest absolute Gasteiger partial charge is 0.340 e. The third-order valence-corrected chi connectivity index (χ3v) is 22.2. The van der Waals surface area contributed by atoms with Crippen LogP contribution in [0.3, 0.4) is 0 Å². The maximum absolute atomic E-state index is 15.4. The number of rotatable bonds is 12. The summed E-state index contributed by atoms with van der Waals surface area (Å²) in [6.07, 6.45) is 20.0. The third-order valence-electron chi connectivity index (χ3n) is 22.2. The number of benzene rings is 4. The maximum atomic E-state index is 15.4. The second kappa shape index (κ2) is 23.3. The van der Waals surface area contributed by atoms with E-state index in [2.05, 4.69) is 120 Å². The molecule has 11 heteroatoms. The van der Waals surface area contributed by atoms with Crippen LogP contribution in [0.2, 0.25) is 0 Å². The molecule has 5 heterocycles. The predicted octanol–water partition coefficient (Wildman–Crippen LogP) is 12.1. The SMILES string of the molecule is CC[C@H](/C=C1\OC(=O)C2=C3c4cc(O)ccc4-c4cccc(c4)CNCCc4cccc(c4)[C@@H](NC[C@H](C)O)[C@H]4C[C@@]([C@@H]5CCN[C@@H](NC)C5)(CC=C5OC(=O)C6=C5CC[C@H]5[C@H]3CC[C@@]21[C@@H]65)C[C@H]4CCC1(O)CCCC1)Cc1ccccc1. The van der Waals surface area contributed by atoms with Gasteiger partial charge in [0.15, 0.2) is 0 Å². The Balaban J connectivity index is 0.984. The maximum Gasteiger partial charge on any atom is 0.340 e. The lowest BCUT2D eigenvalue weighted by Crippen LogP contribution is -2.52. The fourth-order valence-corrected chi connectivity index (χ4v) is 18.2. The number of fused-ring (bicyclic) bond motifs is 5. The van der Waals surface area contributed by atoms with Gasteiger partial charge in [-0.2, -0.15) is 0 Å². The Hall–Kier alpha value is -5.66. The van der Waals surface area contributed by atoms with Crippen molar-refractivity contribution in [2.45, 2.75) is 160 Å². The Morgan fingerprint density at radius 1 is 0.831 bits per heavy atom. The molecule has 11 aliphatic rings. The van der Waals surface area contributed by atoms with Gasteiger partial charge in [0.2, 0.25) is 0 Å². The number of carbonyl (C=O) groups excluding carboxylic acids is 2. The first-order valence-corrected chi connectivity index (χ1v) is 32.0. The highest BCUT2D eigenvalue weighted by atomic mass is 16.6. The van der Waals surface area contributed by atoms with Crippen LogP contribution in [-0.4, -0.2) is 71.8 Å². The molecule has 15 rings (SSSR count). The lowest BCUT2D eigenvalue weighted by atomic mass is 9.44. The van der Waals surface area contributed by atoms with Crippen molar-refractivity contribution in [3.8, 4) is 16.9 Å². The number of phenolic OH excluding ortho intramolecular Hbond substituents is 1. The second-order valence-electron chi connectivity index (χ2n) is 26.9. The minimum absolute atomic E-state index is 0.0232. The normalized spacial score (nSPS) is 32.2. The number of allylic oxidation sites excluding steroid dienone is 5. The van der Waals surface area contributed by atoms with Gasteiger partial charge >= 0.3 is 11.9 Å². The van der Waals surface area contributed by atoms with Gasteiger partial charge in [0.25, 0.3) is 0 Å². The molecule has 7 N–H and O–H groups in total. The Kier molecular flexibility index (Phi) is 15.9. The summed E-state index contributed by atoms with van der Waals surface area (Å²) >= 11 is 0. The molecule has 1 spiro atoms. The number of aliphatic hydroxyl groups excluding tert-OH is 1. The number of phenols is 1. The van der Waals surface area contributed by atoms with Gasteiger partial charge in [-0.25, -0.2) is 9.59 Å². The molecule has 0 aromatic heterocycles. The molecule has 5 aliphatic heterocycles. The molecule has 2 saturated heterocycles. The molecule has 11 nitrogen and oxygen atoms in total. The van der Waals surface area contributed by atoms with Gasteiger partial charge in [0.1, 0.15) is 17.3 Å². The van der Waals surface area contributed by atoms with Crippen molar-refractivity contribution < 1.29 is 34.4 Å². The molecule has 438 valence electrons. The third kappa shape index (κ3) is 10.6. The van der Waals surface area contributed by atoms with Gasteiger partial charge in [-0.1, -0.05) is 98.6 Å². The number of piperidine rings is 1. The Morgan fingerprint density at radius 3 is 2.48 bits per heavy atom. The standard InChI is InChI=1S/C72H88N4O7/c1-4-45(34-46-12-6-5-7-13-46)37-61-72-31-23-55-56-20-21-57-60(82-68(79)64(57)65(56)72)24-29-70(52-26-33-75-62(38-52)73-3)40-51(22-30-71(81)27-8-9-28-71)59(41-70)67(76-42-44(2)77)50-17-10-14-47(35-50)25-32-74-43-48-15-11-16-49(36-48)54-19-18-53(78)39-58(54)63(55)66(72)69(80)83-61/h5-7,10-19,24,35-37,39,44-45,51-52,55-56,59,62,65,67,73-78,81H,4,8-9,20-23,25-34,38,40-43H2,1-3H3/b60-24?,61-37-/t44-,45-,51+,52+,55+,56-,59-,62+,65+,67+,70+,72+/m0/s1. The summed E-state index contributed by atoms with van der Waals surface area (Å²) < 4.78 is 13.5. The number of carbonyl (C=O) groups is 2. The van der Waals surface area contributed by atoms with E-state index in [0.29, 0.717) is 54.9 Å². The van der Waals surface area contributed by atoms with Crippen LogP contribution in [-0.2, 0) is 38.4 Å². The average molecular weight is 1120 g/mol. The molecule has 5 fully saturated rings. The fraction of sp³-hybridized carbons (Fsp3) is 0.528. The summed E-state index contributed by atoms with van der Waals surface area (Å²) in [5, 5.41) is 49.7. The Labute approximate surface area is 491 Å². The minimum Gasteiger partial charge on any atom is -0.508 e. The minimum atomic E-state index is -0.912. The van der Waals surface area contributed by atoms with E-state index in [4.69, 9.17) is 9.47 Å². The van der Waals surface area contributed by atoms with Crippen LogP contribution in [0, 0.1) is 52.3 Å². The van der Waals surface area contributed by atoms with E-state index >= 15 is 9.59 Å². The van der Waals surface area contributed by atoms with Gasteiger partial charge in [-0.3, -0.25) is 0 Å². The lowest BCUT2D eigenvalue weighted by molar-refractivity contribution is -0.135. The van der Waals surface area contributed by atoms with Crippen LogP contribution in [0.1, 0.15) is 150 Å². The predicted molar refractivity (Wildman–Crippen MR) is 325 cm³/mol. The average Bonchev–Trinajstić information content (AvgIpc) is 3.83. The number of aliphatic hydroxyl groups is 2. The number of hydrogen-bond acceptors (Lipinski definition) is 11. The zero-order valence-corrected chi connectivity index (χ0v) is 49.2. The molecule has 0 amide bonds. The van der Waals surface area contributed by atoms with Crippen molar-refractivity contribution in [2.24, 2.45) is 52.3 Å². The monoisotopic (exact) mass is 1120 g/mol. The van der Waals surface area contributed by atoms with E-state index in [1.165, 1.54) is 16.7 Å². The fourth-order valence-electron chi connectivity index (χ4n) is 18.2. The summed E-state index contributed by atoms with van der Waals surface area (Å²) in [7, 11) is 2.06. The number of cyclic esters (lactones) is 1. The molecule has 83 heavy (non-hydrogen) atoms. The van der Waals surface area contributed by atoms with Crippen molar-refractivity contribution in [3.05, 3.63) is 165 Å². The van der Waals surface area contributed by atoms with E-state index in [0.717, 1.165) is 155 Å². The molecule has 6 aliphatic carbocycles. The summed E-state index contributed by atoms with van der Waals surface area (Å²) in [5.41, 5.74) is 9.36. The Morgan fingerprint density at radius 2 is 1.66 bits per heavy atom. The molecule has 0 radical (unpaired) electrons. The van der Waals surface area contributed by atoms with Gasteiger partial charge in [0.05, 0.1) is 28.9 Å². The van der Waals surface area contributed by atoms with E-state index in [-0.39, 0.29) is 64.9 Å². The largest absolute Gasteiger partial charge is 0.508 e. The molecular formula is C72H88N4O7. The topological polar surface area (TPSA) is 161 Å². The molecule has 12 atom stereocenters. The van der Waals surface area contributed by atoms with Crippen LogP contribution in [0.25, 0.3) is 16.7 Å². The van der Waals surface area contributed by atoms with E-state index in [1.807, 2.05) is 25.1 Å². The van der Waals surface area contributed by atoms with E-state index in [1.54, 1.807) is 6.07 Å². The van der Waals surface area contributed by atoms with Gasteiger partial charge in [0, 0.05) is 36.2 Å². The first-order valence-electron chi connectivity index (χ1n) is 32.0. The molecule has 0 unspecified atom stereocenters. The van der Waals surface area contributed by atoms with Crippen molar-refractivity contribution in [3.63, 3.8) is 0 Å². The Bertz CT molecular complexity index is 3230. The number of esters is 2. The lowest BCUT2D eigenvalue weighted by Gasteiger charge is -2.56. The van der Waals surface area contributed by atoms with Gasteiger partial charge in [-0.15, -0.1) is 0 Å². The van der Waals surface area contributed by atoms with Crippen LogP contribution in [0.4, 0.5) is 0 Å². The van der Waals surface area contributed by atoms with Crippen molar-refractivity contribution >= 4 is 17.5 Å². The van der Waals surface area contributed by atoms with Crippen molar-refractivity contribution in [2.75, 3.05) is 26.7 Å². The quantitative estimate of drug-likeness (QED) is 0.0677. The highest BCUT2D eigenvalue weighted by Gasteiger charge is 2.69. The van der Waals surface area contributed by atoms with Crippen LogP contribution >= 0.6 is 0 Å². The molecule has 3 saturated carbocycles. The number of nitrogens with one attached hydrogen (secondary N) is 4. The van der Waals surface area contributed by atoms with Crippen molar-refractivity contribution in [1.82, 2.24) is 21.3 Å². The van der Waals surface area contributed by atoms with Crippen molar-refractivity contribution in [1.29, 1.82) is 0 Å². The molecule has 14 bridgehead atoms. The van der Waals surface area contributed by atoms with E-state index < -0.39 is 17.1 Å². The highest BCUT2D eigenvalue weighted by Crippen LogP contribution is 2.72. The number of aromatic hydroxyl groups is 1. The zero-order chi connectivity index (χ0) is 57.0. The van der Waals surface area contributed by atoms with E-state index in [9.17, 15) is 15.3 Å².